The van der Waals surface area contributed by atoms with E-state index < -0.39 is 90.0 Å². The molecule has 0 aromatic heterocycles. The molecule has 9 N–H and O–H groups in total. The van der Waals surface area contributed by atoms with Crippen LogP contribution in [-0.4, -0.2) is 89.8 Å². The molecular weight excluding hydrogens is 562 g/mol. The van der Waals surface area contributed by atoms with Gasteiger partial charge in [-0.25, -0.2) is 0 Å². The number of carboxylic acid groups (broad SMARTS) is 1. The summed E-state index contributed by atoms with van der Waals surface area (Å²) < 4.78 is 0. The predicted octanol–water partition coefficient (Wildman–Crippen LogP) is -1.40. The Labute approximate surface area is 253 Å². The predicted molar refractivity (Wildman–Crippen MR) is 159 cm³/mol. The van der Waals surface area contributed by atoms with Gasteiger partial charge in [0.05, 0.1) is 19.1 Å². The van der Waals surface area contributed by atoms with Crippen molar-refractivity contribution in [1.29, 1.82) is 0 Å². The third-order valence-corrected chi connectivity index (χ3v) is 6.93. The lowest BCUT2D eigenvalue weighted by atomic mass is 9.95. The normalized spacial score (nSPS) is 15.4. The van der Waals surface area contributed by atoms with Crippen molar-refractivity contribution in [1.82, 2.24) is 31.9 Å². The first-order valence-corrected chi connectivity index (χ1v) is 14.6. The van der Waals surface area contributed by atoms with E-state index >= 15 is 0 Å². The van der Waals surface area contributed by atoms with Crippen LogP contribution in [0.3, 0.4) is 0 Å². The number of carbonyl (C=O) groups excluding carboxylic acids is 6. The second-order valence-electron chi connectivity index (χ2n) is 11.7. The molecule has 0 fully saturated rings. The molecule has 0 heterocycles. The van der Waals surface area contributed by atoms with Gasteiger partial charge in [0.2, 0.25) is 35.4 Å². The van der Waals surface area contributed by atoms with Crippen LogP contribution < -0.4 is 37.6 Å². The topological polar surface area (TPSA) is 238 Å². The maximum atomic E-state index is 13.3. The van der Waals surface area contributed by atoms with Crippen molar-refractivity contribution in [3.8, 4) is 0 Å². The Kier molecular flexibility index (Phi) is 17.1. The van der Waals surface area contributed by atoms with E-state index in [9.17, 15) is 33.6 Å². The lowest BCUT2D eigenvalue weighted by Gasteiger charge is -2.30. The lowest BCUT2D eigenvalue weighted by Crippen LogP contribution is -2.61. The number of hydrogen-bond acceptors (Lipinski definition) is 8. The summed E-state index contributed by atoms with van der Waals surface area (Å²) in [6, 6.07) is -5.14. The van der Waals surface area contributed by atoms with E-state index in [1.165, 1.54) is 6.92 Å². The van der Waals surface area contributed by atoms with Gasteiger partial charge in [-0.3, -0.25) is 33.6 Å². The van der Waals surface area contributed by atoms with Crippen molar-refractivity contribution in [2.75, 3.05) is 13.1 Å². The monoisotopic (exact) mass is 613 g/mol. The largest absolute Gasteiger partial charge is 0.480 e. The molecule has 0 radical (unpaired) electrons. The first kappa shape index (κ1) is 39.2. The van der Waals surface area contributed by atoms with Gasteiger partial charge in [0.15, 0.2) is 0 Å². The van der Waals surface area contributed by atoms with Crippen LogP contribution in [0.4, 0.5) is 0 Å². The highest BCUT2D eigenvalue weighted by Gasteiger charge is 2.34. The Morgan fingerprint density at radius 2 is 1.02 bits per heavy atom. The van der Waals surface area contributed by atoms with E-state index in [2.05, 4.69) is 31.9 Å². The summed E-state index contributed by atoms with van der Waals surface area (Å²) in [5.41, 5.74) is 5.73. The average Bonchev–Trinajstić information content (AvgIpc) is 2.92. The van der Waals surface area contributed by atoms with E-state index in [-0.39, 0.29) is 18.4 Å². The van der Waals surface area contributed by atoms with Crippen molar-refractivity contribution in [3.05, 3.63) is 0 Å². The number of aliphatic carboxylic acids is 1. The molecule has 0 saturated heterocycles. The van der Waals surface area contributed by atoms with Crippen LogP contribution in [0, 0.1) is 23.7 Å². The Hall–Kier alpha value is -3.75. The van der Waals surface area contributed by atoms with E-state index in [1.807, 2.05) is 6.92 Å². The smallest absolute Gasteiger partial charge is 0.325 e. The zero-order chi connectivity index (χ0) is 33.6. The number of hydrogen-bond donors (Lipinski definition) is 8. The number of nitrogens with two attached hydrogens (primary N) is 1. The van der Waals surface area contributed by atoms with Crippen LogP contribution in [0.2, 0.25) is 0 Å². The van der Waals surface area contributed by atoms with Crippen molar-refractivity contribution in [2.45, 2.75) is 98.9 Å². The highest BCUT2D eigenvalue weighted by atomic mass is 16.4. The van der Waals surface area contributed by atoms with E-state index in [1.54, 1.807) is 48.5 Å². The third kappa shape index (κ3) is 13.8. The molecule has 0 spiro atoms. The van der Waals surface area contributed by atoms with Crippen LogP contribution in [0.15, 0.2) is 0 Å². The van der Waals surface area contributed by atoms with Gasteiger partial charge in [-0.2, -0.15) is 0 Å². The van der Waals surface area contributed by atoms with Crippen molar-refractivity contribution in [2.24, 2.45) is 29.4 Å². The minimum atomic E-state index is -1.23. The molecule has 0 unspecified atom stereocenters. The standard InChI is InChI=1S/C28H51N7O8/c1-10-16(8)23(27(41)32-17(9)28(42)43)35-26(40)22(15(6)7)34-25(39)21(14(4)5)33-19(37)12-30-18(36)11-31-24(38)20(29)13(2)3/h13-17,20-23H,10-12,29H2,1-9H3,(H,30,36)(H,31,38)(H,32,41)(H,33,37)(H,34,39)(H,35,40)(H,42,43)/t16-,17+,20+,21+,22+,23+/m0/s1. The van der Waals surface area contributed by atoms with E-state index in [0.29, 0.717) is 6.42 Å². The number of amides is 6. The van der Waals surface area contributed by atoms with Crippen LogP contribution >= 0.6 is 0 Å². The fourth-order valence-corrected chi connectivity index (χ4v) is 3.68. The summed E-state index contributed by atoms with van der Waals surface area (Å²) >= 11 is 0. The van der Waals surface area contributed by atoms with Crippen LogP contribution in [0.1, 0.15) is 68.7 Å². The van der Waals surface area contributed by atoms with Gasteiger partial charge in [0, 0.05) is 0 Å². The van der Waals surface area contributed by atoms with Gasteiger partial charge in [-0.15, -0.1) is 0 Å². The molecule has 0 aliphatic heterocycles. The van der Waals surface area contributed by atoms with Crippen molar-refractivity contribution in [3.63, 3.8) is 0 Å². The first-order valence-electron chi connectivity index (χ1n) is 14.6. The summed E-state index contributed by atoms with van der Waals surface area (Å²) in [5, 5.41) is 24.1. The second-order valence-corrected chi connectivity index (χ2v) is 11.7. The molecule has 0 aromatic carbocycles. The fourth-order valence-electron chi connectivity index (χ4n) is 3.68. The maximum absolute atomic E-state index is 13.3. The van der Waals surface area contributed by atoms with Crippen LogP contribution in [0.5, 0.6) is 0 Å². The van der Waals surface area contributed by atoms with Gasteiger partial charge >= 0.3 is 5.97 Å². The molecule has 0 aromatic rings. The zero-order valence-electron chi connectivity index (χ0n) is 26.7. The van der Waals surface area contributed by atoms with Crippen molar-refractivity contribution < 1.29 is 38.7 Å². The minimum Gasteiger partial charge on any atom is -0.480 e. The molecule has 0 saturated carbocycles. The van der Waals surface area contributed by atoms with Crippen LogP contribution in [-0.2, 0) is 33.6 Å². The summed E-state index contributed by atoms with van der Waals surface area (Å²) in [6.07, 6.45) is 0.508. The quantitative estimate of drug-likeness (QED) is 0.0906. The number of carbonyl (C=O) groups is 7. The molecule has 0 aliphatic carbocycles. The molecule has 0 aliphatic rings. The van der Waals surface area contributed by atoms with Crippen LogP contribution in [0.25, 0.3) is 0 Å². The molecule has 6 atom stereocenters. The molecular formula is C28H51N7O8. The van der Waals surface area contributed by atoms with Gasteiger partial charge in [0.25, 0.3) is 0 Å². The number of nitrogens with one attached hydrogen (secondary N) is 6. The van der Waals surface area contributed by atoms with Crippen molar-refractivity contribution >= 4 is 41.4 Å². The Balaban J connectivity index is 5.36. The van der Waals surface area contributed by atoms with Gasteiger partial charge in [0.1, 0.15) is 24.2 Å². The molecule has 0 rings (SSSR count). The number of rotatable bonds is 18. The molecule has 43 heavy (non-hydrogen) atoms. The fraction of sp³-hybridized carbons (Fsp3) is 0.750. The van der Waals surface area contributed by atoms with E-state index in [0.717, 1.165) is 0 Å². The second kappa shape index (κ2) is 18.7. The summed E-state index contributed by atoms with van der Waals surface area (Å²) in [6.45, 7) is 14.3. The molecule has 0 bridgehead atoms. The van der Waals surface area contributed by atoms with Gasteiger partial charge in [-0.1, -0.05) is 61.8 Å². The minimum absolute atomic E-state index is 0.122. The SMILES string of the molecule is CC[C@H](C)[C@@H](NC(=O)[C@H](NC(=O)[C@H](NC(=O)CNC(=O)CNC(=O)[C@H](N)C(C)C)C(C)C)C(C)C)C(=O)N[C@H](C)C(=O)O. The Bertz CT molecular complexity index is 1000. The molecule has 15 heteroatoms. The lowest BCUT2D eigenvalue weighted by molar-refractivity contribution is -0.142. The Morgan fingerprint density at radius 3 is 1.47 bits per heavy atom. The third-order valence-electron chi connectivity index (χ3n) is 6.93. The first-order chi connectivity index (χ1) is 19.8. The van der Waals surface area contributed by atoms with E-state index in [4.69, 9.17) is 10.8 Å². The average molecular weight is 614 g/mol. The van der Waals surface area contributed by atoms with Gasteiger partial charge < -0.3 is 42.7 Å². The molecule has 6 amide bonds. The zero-order valence-corrected chi connectivity index (χ0v) is 26.7. The molecule has 15 nitrogen and oxygen atoms in total. The summed E-state index contributed by atoms with van der Waals surface area (Å²) in [5.74, 6) is -6.26. The molecule has 246 valence electrons. The Morgan fingerprint density at radius 1 is 0.581 bits per heavy atom. The highest BCUT2D eigenvalue weighted by molar-refractivity contribution is 5.96. The maximum Gasteiger partial charge on any atom is 0.325 e. The van der Waals surface area contributed by atoms with Gasteiger partial charge in [-0.05, 0) is 30.6 Å². The summed E-state index contributed by atoms with van der Waals surface area (Å²) in [7, 11) is 0. The number of carboxylic acids is 1. The summed E-state index contributed by atoms with van der Waals surface area (Å²) in [4.78, 5) is 86.9. The highest BCUT2D eigenvalue weighted by Crippen LogP contribution is 2.12.